The Hall–Kier alpha value is -3.17. The first kappa shape index (κ1) is 20.6. The third-order valence-corrected chi connectivity index (χ3v) is 4.12. The smallest absolute Gasteiger partial charge is 0.340 e. The van der Waals surface area contributed by atoms with Gasteiger partial charge in [0.2, 0.25) is 6.29 Å². The molecular weight excluding hydrogens is 388 g/mol. The highest BCUT2D eigenvalue weighted by Gasteiger charge is 2.43. The van der Waals surface area contributed by atoms with Crippen LogP contribution in [0.25, 0.3) is 0 Å². The van der Waals surface area contributed by atoms with Gasteiger partial charge in [-0.05, 0) is 29.8 Å². The number of esters is 1. The number of rotatable bonds is 7. The van der Waals surface area contributed by atoms with Crippen molar-refractivity contribution in [1.29, 1.82) is 0 Å². The molecular formula is C20H17F2NO6. The maximum atomic E-state index is 14.1. The molecule has 7 nitrogen and oxygen atoms in total. The lowest BCUT2D eigenvalue weighted by molar-refractivity contribution is -0.384. The number of non-ortho nitro benzene ring substituents is 1. The van der Waals surface area contributed by atoms with Crippen molar-refractivity contribution >= 4 is 11.7 Å². The second-order valence-electron chi connectivity index (χ2n) is 6.24. The molecule has 1 aliphatic rings. The van der Waals surface area contributed by atoms with E-state index in [2.05, 4.69) is 0 Å². The molecule has 0 fully saturated rings. The number of carbonyl (C=O) groups is 1. The van der Waals surface area contributed by atoms with Crippen molar-refractivity contribution in [1.82, 2.24) is 0 Å². The van der Waals surface area contributed by atoms with E-state index in [1.54, 1.807) is 24.3 Å². The highest BCUT2D eigenvalue weighted by Crippen LogP contribution is 2.30. The molecule has 0 saturated heterocycles. The molecule has 0 unspecified atom stereocenters. The summed E-state index contributed by atoms with van der Waals surface area (Å²) in [5.74, 6) is -4.14. The second kappa shape index (κ2) is 8.89. The summed E-state index contributed by atoms with van der Waals surface area (Å²) in [6.07, 6.45) is -1.41. The zero-order valence-corrected chi connectivity index (χ0v) is 15.1. The topological polar surface area (TPSA) is 87.9 Å². The van der Waals surface area contributed by atoms with Gasteiger partial charge in [0.25, 0.3) is 11.6 Å². The van der Waals surface area contributed by atoms with E-state index in [4.69, 9.17) is 14.2 Å². The zero-order chi connectivity index (χ0) is 20.9. The molecule has 0 aromatic heterocycles. The first-order chi connectivity index (χ1) is 13.8. The first-order valence-electron chi connectivity index (χ1n) is 8.65. The predicted octanol–water partition coefficient (Wildman–Crippen LogP) is 3.88. The average Bonchev–Trinajstić information content (AvgIpc) is 2.71. The largest absolute Gasteiger partial charge is 0.428 e. The lowest BCUT2D eigenvalue weighted by Gasteiger charge is -2.31. The summed E-state index contributed by atoms with van der Waals surface area (Å²) in [6.45, 7) is -0.272. The Bertz CT molecular complexity index is 886. The quantitative estimate of drug-likeness (QED) is 0.301. The van der Waals surface area contributed by atoms with Crippen LogP contribution in [0.3, 0.4) is 0 Å². The lowest BCUT2D eigenvalue weighted by atomic mass is 10.1. The predicted molar refractivity (Wildman–Crippen MR) is 97.4 cm³/mol. The van der Waals surface area contributed by atoms with Crippen LogP contribution in [0.2, 0.25) is 0 Å². The van der Waals surface area contributed by atoms with Crippen LogP contribution in [-0.4, -0.2) is 35.8 Å². The van der Waals surface area contributed by atoms with Crippen LogP contribution in [0.15, 0.2) is 66.7 Å². The number of nitrogens with zero attached hydrogens (tertiary/aromatic N) is 1. The molecule has 2 aromatic rings. The minimum atomic E-state index is -3.28. The molecule has 1 heterocycles. The van der Waals surface area contributed by atoms with E-state index in [0.717, 1.165) is 23.8 Å². The van der Waals surface area contributed by atoms with Gasteiger partial charge in [-0.3, -0.25) is 10.1 Å². The second-order valence-corrected chi connectivity index (χ2v) is 6.24. The summed E-state index contributed by atoms with van der Waals surface area (Å²) in [5, 5.41) is 10.7. The maximum absolute atomic E-state index is 14.1. The van der Waals surface area contributed by atoms with E-state index >= 15 is 0 Å². The van der Waals surface area contributed by atoms with Gasteiger partial charge in [0.15, 0.2) is 6.10 Å². The van der Waals surface area contributed by atoms with E-state index in [9.17, 15) is 23.7 Å². The van der Waals surface area contributed by atoms with Crippen molar-refractivity contribution < 1.29 is 32.7 Å². The summed E-state index contributed by atoms with van der Waals surface area (Å²) in [6, 6.07) is 13.7. The minimum absolute atomic E-state index is 0.0295. The molecule has 0 aliphatic carbocycles. The first-order valence-corrected chi connectivity index (χ1v) is 8.65. The van der Waals surface area contributed by atoms with Gasteiger partial charge in [0.05, 0.1) is 23.7 Å². The van der Waals surface area contributed by atoms with Crippen molar-refractivity contribution in [2.24, 2.45) is 0 Å². The molecule has 0 radical (unpaired) electrons. The summed E-state index contributed by atoms with van der Waals surface area (Å²) in [7, 11) is 0. The van der Waals surface area contributed by atoms with Gasteiger partial charge in [-0.15, -0.1) is 0 Å². The molecule has 29 heavy (non-hydrogen) atoms. The molecule has 0 spiro atoms. The van der Waals surface area contributed by atoms with Gasteiger partial charge in [0.1, 0.15) is 0 Å². The average molecular weight is 405 g/mol. The summed E-state index contributed by atoms with van der Waals surface area (Å²) in [4.78, 5) is 22.2. The van der Waals surface area contributed by atoms with Gasteiger partial charge in [-0.1, -0.05) is 30.3 Å². The molecule has 0 saturated carbocycles. The number of carbonyl (C=O) groups excluding carboxylic acids is 1. The molecule has 0 amide bonds. The van der Waals surface area contributed by atoms with Crippen LogP contribution < -0.4 is 0 Å². The summed E-state index contributed by atoms with van der Waals surface area (Å²) < 4.78 is 43.7. The van der Waals surface area contributed by atoms with Crippen molar-refractivity contribution in [3.8, 4) is 0 Å². The minimum Gasteiger partial charge on any atom is -0.428 e. The standard InChI is InChI=1S/C20H17F2NO6/c21-20(22)11-10-18(28-17(20)13-27-12-14-4-2-1-3-5-14)29-19(24)15-6-8-16(9-7-15)23(25)26/h1-11,17-18H,12-13H2/t17-,18-/m0/s1. The number of alkyl halides is 2. The molecule has 0 bridgehead atoms. The fraction of sp³-hybridized carbons (Fsp3) is 0.250. The van der Waals surface area contributed by atoms with Gasteiger partial charge >= 0.3 is 5.97 Å². The van der Waals surface area contributed by atoms with E-state index in [-0.39, 0.29) is 17.9 Å². The number of benzene rings is 2. The van der Waals surface area contributed by atoms with Crippen LogP contribution in [0.1, 0.15) is 15.9 Å². The van der Waals surface area contributed by atoms with Crippen LogP contribution in [-0.2, 0) is 20.8 Å². The molecule has 9 heteroatoms. The van der Waals surface area contributed by atoms with Crippen molar-refractivity contribution in [2.75, 3.05) is 6.61 Å². The number of ether oxygens (including phenoxy) is 3. The van der Waals surface area contributed by atoms with Crippen LogP contribution in [0.4, 0.5) is 14.5 Å². The molecule has 2 aromatic carbocycles. The zero-order valence-electron chi connectivity index (χ0n) is 15.1. The number of nitro groups is 1. The Morgan fingerprint density at radius 3 is 2.48 bits per heavy atom. The van der Waals surface area contributed by atoms with Crippen molar-refractivity contribution in [3.05, 3.63) is 88.0 Å². The Morgan fingerprint density at radius 2 is 1.83 bits per heavy atom. The third kappa shape index (κ3) is 5.43. The lowest BCUT2D eigenvalue weighted by Crippen LogP contribution is -2.44. The van der Waals surface area contributed by atoms with Gasteiger partial charge < -0.3 is 14.2 Å². The normalized spacial score (nSPS) is 20.2. The summed E-state index contributed by atoms with van der Waals surface area (Å²) >= 11 is 0. The Balaban J connectivity index is 1.57. The fourth-order valence-corrected chi connectivity index (χ4v) is 2.58. The Morgan fingerprint density at radius 1 is 1.14 bits per heavy atom. The monoisotopic (exact) mass is 405 g/mol. The molecule has 2 atom stereocenters. The van der Waals surface area contributed by atoms with Crippen LogP contribution in [0.5, 0.6) is 0 Å². The van der Waals surface area contributed by atoms with Gasteiger partial charge in [-0.25, -0.2) is 4.79 Å². The number of halogens is 2. The van der Waals surface area contributed by atoms with Crippen molar-refractivity contribution in [3.63, 3.8) is 0 Å². The highest BCUT2D eigenvalue weighted by atomic mass is 19.3. The van der Waals surface area contributed by atoms with Crippen molar-refractivity contribution in [2.45, 2.75) is 24.9 Å². The Labute approximate surface area is 164 Å². The highest BCUT2D eigenvalue weighted by molar-refractivity contribution is 5.89. The van der Waals surface area contributed by atoms with Gasteiger partial charge in [-0.2, -0.15) is 8.78 Å². The van der Waals surface area contributed by atoms with Gasteiger partial charge in [0, 0.05) is 12.1 Å². The number of hydrogen-bond donors (Lipinski definition) is 0. The van der Waals surface area contributed by atoms with Crippen LogP contribution in [0, 0.1) is 10.1 Å². The summed E-state index contributed by atoms with van der Waals surface area (Å²) in [5.41, 5.74) is 0.663. The number of hydrogen-bond acceptors (Lipinski definition) is 6. The molecule has 1 aliphatic heterocycles. The maximum Gasteiger partial charge on any atom is 0.340 e. The SMILES string of the molecule is O=C(O[C@H]1C=CC(F)(F)[C@H](COCc2ccccc2)O1)c1ccc([N+](=O)[O-])cc1. The molecule has 152 valence electrons. The number of nitro benzene ring substituents is 1. The molecule has 0 N–H and O–H groups in total. The van der Waals surface area contributed by atoms with E-state index < -0.39 is 35.8 Å². The fourth-order valence-electron chi connectivity index (χ4n) is 2.58. The third-order valence-electron chi connectivity index (χ3n) is 4.12. The Kier molecular flexibility index (Phi) is 6.30. The van der Waals surface area contributed by atoms with E-state index in [1.807, 2.05) is 6.07 Å². The van der Waals surface area contributed by atoms with E-state index in [0.29, 0.717) is 6.08 Å². The molecule has 3 rings (SSSR count). The van der Waals surface area contributed by atoms with E-state index in [1.165, 1.54) is 12.1 Å². The van der Waals surface area contributed by atoms with Crippen LogP contribution >= 0.6 is 0 Å².